The molecule has 2 N–H and O–H groups in total. The number of nitriles is 1. The average molecular weight is 266 g/mol. The molecule has 1 rings (SSSR count). The zero-order valence-electron chi connectivity index (χ0n) is 11.6. The molecule has 0 radical (unpaired) electrons. The third-order valence-corrected chi connectivity index (χ3v) is 3.64. The second-order valence-electron chi connectivity index (χ2n) is 5.06. The molecular weight excluding hydrogens is 244 g/mol. The number of nitrogens with zero attached hydrogens (tertiary/aromatic N) is 3. The quantitative estimate of drug-likeness (QED) is 0.721. The minimum Gasteiger partial charge on any atom is -0.369 e. The Balaban J connectivity index is 2.49. The summed E-state index contributed by atoms with van der Waals surface area (Å²) in [6.45, 7) is 6.51. The van der Waals surface area contributed by atoms with Crippen molar-refractivity contribution in [2.75, 3.05) is 32.7 Å². The van der Waals surface area contributed by atoms with Crippen molar-refractivity contribution in [3.05, 3.63) is 0 Å². The van der Waals surface area contributed by atoms with Crippen LogP contribution in [0.4, 0.5) is 0 Å². The van der Waals surface area contributed by atoms with E-state index in [4.69, 9.17) is 11.0 Å². The molecule has 106 valence electrons. The van der Waals surface area contributed by atoms with Gasteiger partial charge < -0.3 is 10.6 Å². The first kappa shape index (κ1) is 15.4. The zero-order chi connectivity index (χ0) is 14.4. The summed E-state index contributed by atoms with van der Waals surface area (Å²) in [4.78, 5) is 27.0. The van der Waals surface area contributed by atoms with Gasteiger partial charge in [-0.1, -0.05) is 6.92 Å². The van der Waals surface area contributed by atoms with E-state index in [9.17, 15) is 9.59 Å². The number of rotatable bonds is 6. The van der Waals surface area contributed by atoms with Crippen LogP contribution in [0.2, 0.25) is 0 Å². The molecule has 1 heterocycles. The number of carbonyl (C=O) groups is 2. The third kappa shape index (κ3) is 4.21. The van der Waals surface area contributed by atoms with Crippen molar-refractivity contribution >= 4 is 11.8 Å². The molecule has 0 spiro atoms. The second-order valence-corrected chi connectivity index (χ2v) is 5.06. The van der Waals surface area contributed by atoms with E-state index >= 15 is 0 Å². The number of amides is 2. The van der Waals surface area contributed by atoms with Gasteiger partial charge in [0.25, 0.3) is 0 Å². The van der Waals surface area contributed by atoms with Gasteiger partial charge in [0.15, 0.2) is 0 Å². The summed E-state index contributed by atoms with van der Waals surface area (Å²) in [6.07, 6.45) is 0.347. The van der Waals surface area contributed by atoms with Crippen molar-refractivity contribution in [1.82, 2.24) is 9.80 Å². The van der Waals surface area contributed by atoms with Crippen molar-refractivity contribution in [2.24, 2.45) is 17.6 Å². The van der Waals surface area contributed by atoms with Crippen LogP contribution in [-0.2, 0) is 9.59 Å². The Morgan fingerprint density at radius 2 is 2.16 bits per heavy atom. The largest absolute Gasteiger partial charge is 0.369 e. The molecule has 6 nitrogen and oxygen atoms in total. The van der Waals surface area contributed by atoms with Gasteiger partial charge >= 0.3 is 0 Å². The maximum Gasteiger partial charge on any atom is 0.236 e. The summed E-state index contributed by atoms with van der Waals surface area (Å²) in [5.74, 6) is -0.254. The first-order valence-corrected chi connectivity index (χ1v) is 6.66. The fourth-order valence-electron chi connectivity index (χ4n) is 2.50. The molecule has 0 bridgehead atoms. The van der Waals surface area contributed by atoms with Crippen LogP contribution in [0.1, 0.15) is 20.3 Å². The van der Waals surface area contributed by atoms with Crippen molar-refractivity contribution in [1.29, 1.82) is 5.26 Å². The van der Waals surface area contributed by atoms with Crippen molar-refractivity contribution in [3.63, 3.8) is 0 Å². The highest BCUT2D eigenvalue weighted by Crippen LogP contribution is 2.22. The van der Waals surface area contributed by atoms with E-state index in [0.717, 1.165) is 6.54 Å². The summed E-state index contributed by atoms with van der Waals surface area (Å²) in [6, 6.07) is 2.04. The molecule has 1 aliphatic rings. The number of nitrogens with two attached hydrogens (primary N) is 1. The summed E-state index contributed by atoms with van der Waals surface area (Å²) in [5, 5.41) is 8.56. The molecule has 0 aromatic heterocycles. The van der Waals surface area contributed by atoms with E-state index in [0.29, 0.717) is 32.6 Å². The van der Waals surface area contributed by atoms with Crippen LogP contribution in [0.5, 0.6) is 0 Å². The van der Waals surface area contributed by atoms with Crippen LogP contribution in [0, 0.1) is 23.2 Å². The monoisotopic (exact) mass is 266 g/mol. The first-order valence-electron chi connectivity index (χ1n) is 6.66. The maximum absolute atomic E-state index is 12.1. The molecule has 6 heteroatoms. The van der Waals surface area contributed by atoms with Crippen LogP contribution >= 0.6 is 0 Å². The van der Waals surface area contributed by atoms with E-state index < -0.39 is 0 Å². The lowest BCUT2D eigenvalue weighted by molar-refractivity contribution is -0.132. The molecule has 2 atom stereocenters. The minimum atomic E-state index is -0.292. The van der Waals surface area contributed by atoms with Gasteiger partial charge in [-0.05, 0) is 12.8 Å². The van der Waals surface area contributed by atoms with Gasteiger partial charge in [0.2, 0.25) is 11.8 Å². The first-order chi connectivity index (χ1) is 8.99. The lowest BCUT2D eigenvalue weighted by Gasteiger charge is -2.23. The Kier molecular flexibility index (Phi) is 5.77. The molecule has 0 unspecified atom stereocenters. The summed E-state index contributed by atoms with van der Waals surface area (Å²) < 4.78 is 0. The number of hydrogen-bond acceptors (Lipinski definition) is 4. The zero-order valence-corrected chi connectivity index (χ0v) is 11.6. The standard InChI is InChI=1S/C13H22N4O2/c1-3-17(6-4-5-14)12(18)9-16-7-10(2)11(8-16)13(15)19/h10-11H,3-4,6-9H2,1-2H3,(H2,15,19)/t10-,11-/m1/s1. The third-order valence-electron chi connectivity index (χ3n) is 3.64. The number of hydrogen-bond donors (Lipinski definition) is 1. The highest BCUT2D eigenvalue weighted by Gasteiger charge is 2.34. The molecule has 1 fully saturated rings. The predicted molar refractivity (Wildman–Crippen MR) is 70.8 cm³/mol. The Hall–Kier alpha value is -1.61. The number of likely N-dealkylation sites (tertiary alicyclic amines) is 1. The fourth-order valence-corrected chi connectivity index (χ4v) is 2.50. The molecule has 0 aromatic carbocycles. The van der Waals surface area contributed by atoms with Gasteiger partial charge in [-0.3, -0.25) is 14.5 Å². The van der Waals surface area contributed by atoms with Gasteiger partial charge in [-0.15, -0.1) is 0 Å². The summed E-state index contributed by atoms with van der Waals surface area (Å²) >= 11 is 0. The molecule has 2 amide bonds. The molecule has 0 aliphatic carbocycles. The van der Waals surface area contributed by atoms with Gasteiger partial charge in [0.05, 0.1) is 25.0 Å². The second kappa shape index (κ2) is 7.10. The average Bonchev–Trinajstić information content (AvgIpc) is 2.71. The van der Waals surface area contributed by atoms with E-state index in [-0.39, 0.29) is 23.7 Å². The van der Waals surface area contributed by atoms with Gasteiger partial charge in [-0.2, -0.15) is 5.26 Å². The Morgan fingerprint density at radius 1 is 1.47 bits per heavy atom. The summed E-state index contributed by atoms with van der Waals surface area (Å²) in [5.41, 5.74) is 5.34. The van der Waals surface area contributed by atoms with Gasteiger partial charge in [0.1, 0.15) is 0 Å². The Bertz CT molecular complexity index is 377. The normalized spacial score (nSPS) is 23.0. The molecule has 1 saturated heterocycles. The Labute approximate surface area is 114 Å². The van der Waals surface area contributed by atoms with Crippen molar-refractivity contribution < 1.29 is 9.59 Å². The smallest absolute Gasteiger partial charge is 0.236 e. The lowest BCUT2D eigenvalue weighted by Crippen LogP contribution is -2.40. The number of carbonyl (C=O) groups excluding carboxylic acids is 2. The van der Waals surface area contributed by atoms with E-state index in [1.165, 1.54) is 0 Å². The number of likely N-dealkylation sites (N-methyl/N-ethyl adjacent to an activating group) is 1. The van der Waals surface area contributed by atoms with Gasteiger partial charge in [-0.25, -0.2) is 0 Å². The van der Waals surface area contributed by atoms with E-state index in [1.54, 1.807) is 4.90 Å². The number of primary amides is 1. The van der Waals surface area contributed by atoms with E-state index in [1.807, 2.05) is 24.8 Å². The minimum absolute atomic E-state index is 0.00932. The van der Waals surface area contributed by atoms with Crippen molar-refractivity contribution in [2.45, 2.75) is 20.3 Å². The summed E-state index contributed by atoms with van der Waals surface area (Å²) in [7, 11) is 0. The fraction of sp³-hybridized carbons (Fsp3) is 0.769. The topological polar surface area (TPSA) is 90.4 Å². The van der Waals surface area contributed by atoms with Gasteiger partial charge in [0, 0.05) is 26.2 Å². The molecule has 0 aromatic rings. The maximum atomic E-state index is 12.1. The van der Waals surface area contributed by atoms with Crippen LogP contribution in [0.3, 0.4) is 0 Å². The van der Waals surface area contributed by atoms with Crippen LogP contribution in [0.15, 0.2) is 0 Å². The Morgan fingerprint density at radius 3 is 2.63 bits per heavy atom. The molecular formula is C13H22N4O2. The SMILES string of the molecule is CCN(CCC#N)C(=O)CN1C[C@@H](C)[C@H](C(N)=O)C1. The molecule has 19 heavy (non-hydrogen) atoms. The van der Waals surface area contributed by atoms with Crippen LogP contribution in [0.25, 0.3) is 0 Å². The predicted octanol–water partition coefficient (Wildman–Crippen LogP) is -0.198. The highest BCUT2D eigenvalue weighted by molar-refractivity contribution is 5.79. The van der Waals surface area contributed by atoms with Crippen LogP contribution < -0.4 is 5.73 Å². The van der Waals surface area contributed by atoms with Crippen molar-refractivity contribution in [3.8, 4) is 6.07 Å². The van der Waals surface area contributed by atoms with E-state index in [2.05, 4.69) is 0 Å². The highest BCUT2D eigenvalue weighted by atomic mass is 16.2. The van der Waals surface area contributed by atoms with Crippen LogP contribution in [-0.4, -0.2) is 54.3 Å². The molecule has 1 aliphatic heterocycles. The molecule has 0 saturated carbocycles. The lowest BCUT2D eigenvalue weighted by atomic mass is 9.98.